The van der Waals surface area contributed by atoms with E-state index in [9.17, 15) is 0 Å². The number of halogens is 1. The summed E-state index contributed by atoms with van der Waals surface area (Å²) in [7, 11) is 3.35. The van der Waals surface area contributed by atoms with Gasteiger partial charge in [-0.15, -0.1) is 0 Å². The van der Waals surface area contributed by atoms with E-state index in [-0.39, 0.29) is 22.4 Å². The van der Waals surface area contributed by atoms with Crippen molar-refractivity contribution >= 4 is 21.6 Å². The minimum Gasteiger partial charge on any atom is -0.493 e. The Bertz CT molecular complexity index is 926. The molecule has 4 rings (SSSR count). The summed E-state index contributed by atoms with van der Waals surface area (Å²) in [6.45, 7) is 6.88. The first-order valence-electron chi connectivity index (χ1n) is 10.4. The van der Waals surface area contributed by atoms with E-state index in [1.165, 1.54) is 5.56 Å². The highest BCUT2D eigenvalue weighted by atomic mass is 79.9. The zero-order valence-electron chi connectivity index (χ0n) is 18.2. The number of hydrogen-bond donors (Lipinski definition) is 1. The van der Waals surface area contributed by atoms with E-state index in [0.29, 0.717) is 6.04 Å². The summed E-state index contributed by atoms with van der Waals surface area (Å²) in [5.41, 5.74) is 3.52. The Morgan fingerprint density at radius 2 is 1.73 bits per heavy atom. The number of hydrogen-bond acceptors (Lipinski definition) is 5. The fourth-order valence-corrected chi connectivity index (χ4v) is 5.08. The number of rotatable bonds is 4. The molecule has 2 heterocycles. The van der Waals surface area contributed by atoms with Crippen LogP contribution in [0.1, 0.15) is 44.4 Å². The van der Waals surface area contributed by atoms with Crippen molar-refractivity contribution < 1.29 is 9.47 Å². The summed E-state index contributed by atoms with van der Waals surface area (Å²) in [5.74, 6) is 1.49. The number of benzene rings is 2. The quantitative estimate of drug-likeness (QED) is 0.639. The normalized spacial score (nSPS) is 26.2. The Kier molecular flexibility index (Phi) is 5.82. The monoisotopic (exact) mass is 471 g/mol. The van der Waals surface area contributed by atoms with Gasteiger partial charge in [-0.2, -0.15) is 5.10 Å². The van der Waals surface area contributed by atoms with Crippen LogP contribution in [0.2, 0.25) is 0 Å². The first-order valence-corrected chi connectivity index (χ1v) is 11.3. The first-order chi connectivity index (χ1) is 14.3. The molecular formula is C24H30BrN3O2. The minimum atomic E-state index is 0.0799. The number of nitrogens with zero attached hydrogens (tertiary/aromatic N) is 2. The van der Waals surface area contributed by atoms with Gasteiger partial charge in [-0.05, 0) is 35.1 Å². The Balaban J connectivity index is 1.76. The molecule has 0 aromatic heterocycles. The van der Waals surface area contributed by atoms with Crippen LogP contribution in [0.3, 0.4) is 0 Å². The van der Waals surface area contributed by atoms with Crippen LogP contribution >= 0.6 is 15.9 Å². The van der Waals surface area contributed by atoms with Crippen LogP contribution in [0, 0.1) is 5.41 Å². The molecular weight excluding hydrogens is 442 g/mol. The van der Waals surface area contributed by atoms with Crippen molar-refractivity contribution in [2.75, 3.05) is 14.2 Å². The molecule has 2 aromatic carbocycles. The lowest BCUT2D eigenvalue weighted by Crippen LogP contribution is -2.60. The highest BCUT2D eigenvalue weighted by Gasteiger charge is 2.47. The maximum Gasteiger partial charge on any atom is 0.161 e. The third-order valence-electron chi connectivity index (χ3n) is 6.10. The summed E-state index contributed by atoms with van der Waals surface area (Å²) >= 11 is 3.95. The van der Waals surface area contributed by atoms with Gasteiger partial charge in [0.25, 0.3) is 0 Å². The molecule has 5 nitrogen and oxygen atoms in total. The van der Waals surface area contributed by atoms with Crippen molar-refractivity contribution in [1.82, 2.24) is 10.3 Å². The van der Waals surface area contributed by atoms with E-state index in [2.05, 4.69) is 83.4 Å². The molecule has 4 unspecified atom stereocenters. The maximum absolute atomic E-state index is 5.58. The Labute approximate surface area is 187 Å². The number of fused-ring (bicyclic) bond motifs is 1. The van der Waals surface area contributed by atoms with Crippen molar-refractivity contribution in [2.45, 2.75) is 50.3 Å². The summed E-state index contributed by atoms with van der Waals surface area (Å²) in [4.78, 5) is 0.104. The van der Waals surface area contributed by atoms with E-state index >= 15 is 0 Å². The number of methoxy groups -OCH3 is 2. The summed E-state index contributed by atoms with van der Waals surface area (Å²) in [5, 5.41) is 11.2. The van der Waals surface area contributed by atoms with Crippen LogP contribution in [0.5, 0.6) is 11.5 Å². The topological polar surface area (TPSA) is 46.1 Å². The Morgan fingerprint density at radius 3 is 2.37 bits per heavy atom. The largest absolute Gasteiger partial charge is 0.493 e. The third-order valence-corrected chi connectivity index (χ3v) is 7.04. The van der Waals surface area contributed by atoms with Crippen LogP contribution in [-0.4, -0.2) is 42.0 Å². The maximum atomic E-state index is 5.58. The highest BCUT2D eigenvalue weighted by Crippen LogP contribution is 2.43. The summed E-state index contributed by atoms with van der Waals surface area (Å²) in [6, 6.07) is 17.1. The number of ether oxygens (including phenoxy) is 2. The average Bonchev–Trinajstić information content (AvgIpc) is 3.09. The number of nitrogens with one attached hydrogen (secondary N) is 1. The molecule has 6 heteroatoms. The zero-order valence-corrected chi connectivity index (χ0v) is 19.8. The fourth-order valence-electron chi connectivity index (χ4n) is 4.33. The van der Waals surface area contributed by atoms with Crippen LogP contribution in [-0.2, 0) is 0 Å². The molecule has 160 valence electrons. The summed E-state index contributed by atoms with van der Waals surface area (Å²) < 4.78 is 11.0. The number of alkyl halides is 1. The molecule has 2 aliphatic heterocycles. The lowest BCUT2D eigenvalue weighted by Gasteiger charge is -2.47. The third kappa shape index (κ3) is 3.83. The second-order valence-electron chi connectivity index (χ2n) is 9.03. The van der Waals surface area contributed by atoms with Gasteiger partial charge in [0.2, 0.25) is 0 Å². The molecule has 0 saturated carbocycles. The standard InChI is InChI=1S/C24H30BrN3O2/c1-24(2,3)20-14-17(16-11-12-18(29-4)19(13-16)30-5)28-23(26-20)21(25)22(27-28)15-9-7-6-8-10-15/h6-13,17,20-21,23,26H,14H2,1-5H3. The highest BCUT2D eigenvalue weighted by molar-refractivity contribution is 9.10. The van der Waals surface area contributed by atoms with Crippen molar-refractivity contribution in [3.8, 4) is 11.5 Å². The summed E-state index contributed by atoms with van der Waals surface area (Å²) in [6.07, 6.45) is 1.04. The van der Waals surface area contributed by atoms with Gasteiger partial charge in [0.1, 0.15) is 6.17 Å². The fraction of sp³-hybridized carbons (Fsp3) is 0.458. The zero-order chi connectivity index (χ0) is 21.5. The van der Waals surface area contributed by atoms with Gasteiger partial charge in [-0.3, -0.25) is 10.3 Å². The van der Waals surface area contributed by atoms with Gasteiger partial charge >= 0.3 is 0 Å². The average molecular weight is 472 g/mol. The predicted octanol–water partition coefficient (Wildman–Crippen LogP) is 4.96. The van der Waals surface area contributed by atoms with E-state index in [1.54, 1.807) is 14.2 Å². The molecule has 4 atom stereocenters. The molecule has 0 amide bonds. The molecule has 0 bridgehead atoms. The molecule has 0 radical (unpaired) electrons. The Hall–Kier alpha value is -2.05. The van der Waals surface area contributed by atoms with E-state index in [4.69, 9.17) is 14.6 Å². The van der Waals surface area contributed by atoms with Gasteiger partial charge in [0.15, 0.2) is 11.5 Å². The van der Waals surface area contributed by atoms with E-state index in [0.717, 1.165) is 29.2 Å². The molecule has 30 heavy (non-hydrogen) atoms. The lowest BCUT2D eigenvalue weighted by atomic mass is 9.79. The first kappa shape index (κ1) is 21.2. The lowest BCUT2D eigenvalue weighted by molar-refractivity contribution is 0.0347. The molecule has 1 saturated heterocycles. The van der Waals surface area contributed by atoms with Crippen LogP contribution in [0.25, 0.3) is 0 Å². The molecule has 1 fully saturated rings. The van der Waals surface area contributed by atoms with Crippen molar-refractivity contribution in [2.24, 2.45) is 10.5 Å². The Morgan fingerprint density at radius 1 is 1.03 bits per heavy atom. The minimum absolute atomic E-state index is 0.0799. The number of hydrazone groups is 1. The van der Waals surface area contributed by atoms with Gasteiger partial charge < -0.3 is 9.47 Å². The molecule has 0 spiro atoms. The van der Waals surface area contributed by atoms with Crippen LogP contribution in [0.15, 0.2) is 53.6 Å². The van der Waals surface area contributed by atoms with Gasteiger partial charge in [0, 0.05) is 6.04 Å². The molecule has 0 aliphatic carbocycles. The van der Waals surface area contributed by atoms with E-state index in [1.807, 2.05) is 12.1 Å². The van der Waals surface area contributed by atoms with Crippen molar-refractivity contribution in [3.05, 3.63) is 59.7 Å². The van der Waals surface area contributed by atoms with Crippen LogP contribution < -0.4 is 14.8 Å². The smallest absolute Gasteiger partial charge is 0.161 e. The van der Waals surface area contributed by atoms with E-state index < -0.39 is 0 Å². The van der Waals surface area contributed by atoms with Crippen molar-refractivity contribution in [3.63, 3.8) is 0 Å². The van der Waals surface area contributed by atoms with Gasteiger partial charge in [-0.1, -0.05) is 73.1 Å². The second kappa shape index (κ2) is 8.23. The molecule has 1 N–H and O–H groups in total. The van der Waals surface area contributed by atoms with Crippen molar-refractivity contribution in [1.29, 1.82) is 0 Å². The SMILES string of the molecule is COc1ccc(C2CC(C(C)(C)C)NC3C(Br)C(c4ccccc4)=NN23)cc1OC. The van der Waals surface area contributed by atoms with Crippen LogP contribution in [0.4, 0.5) is 0 Å². The molecule has 2 aliphatic rings. The molecule has 2 aromatic rings. The van der Waals surface area contributed by atoms with Gasteiger partial charge in [-0.25, -0.2) is 0 Å². The predicted molar refractivity (Wildman–Crippen MR) is 125 cm³/mol. The van der Waals surface area contributed by atoms with Gasteiger partial charge in [0.05, 0.1) is 30.8 Å². The second-order valence-corrected chi connectivity index (χ2v) is 10.0.